The van der Waals surface area contributed by atoms with Crippen molar-refractivity contribution in [3.8, 4) is 0 Å². The SMILES string of the molecule is C1=C(c2ccc(N(c3ccccc3)c3ccccc3)cc2)CC2CCC1O2. The topological polar surface area (TPSA) is 12.5 Å². The maximum absolute atomic E-state index is 5.94. The monoisotopic (exact) mass is 353 g/mol. The maximum atomic E-state index is 5.94. The average Bonchev–Trinajstić information content (AvgIpc) is 3.08. The minimum Gasteiger partial charge on any atom is -0.371 e. The Hall–Kier alpha value is -2.84. The van der Waals surface area contributed by atoms with Gasteiger partial charge in [-0.15, -0.1) is 0 Å². The van der Waals surface area contributed by atoms with Gasteiger partial charge in [-0.1, -0.05) is 54.6 Å². The van der Waals surface area contributed by atoms with Crippen LogP contribution in [-0.4, -0.2) is 12.2 Å². The lowest BCUT2D eigenvalue weighted by Gasteiger charge is -2.26. The van der Waals surface area contributed by atoms with Crippen LogP contribution in [-0.2, 0) is 4.74 Å². The van der Waals surface area contributed by atoms with Gasteiger partial charge in [0.2, 0.25) is 0 Å². The molecule has 0 N–H and O–H groups in total. The van der Waals surface area contributed by atoms with Gasteiger partial charge in [-0.2, -0.15) is 0 Å². The number of rotatable bonds is 4. The highest BCUT2D eigenvalue weighted by atomic mass is 16.5. The highest BCUT2D eigenvalue weighted by molar-refractivity contribution is 5.78. The third-order valence-corrected chi connectivity index (χ3v) is 5.50. The summed E-state index contributed by atoms with van der Waals surface area (Å²) in [6.07, 6.45) is 6.46. The second kappa shape index (κ2) is 7.05. The first-order chi connectivity index (χ1) is 13.4. The third-order valence-electron chi connectivity index (χ3n) is 5.50. The van der Waals surface area contributed by atoms with Gasteiger partial charge >= 0.3 is 0 Å². The van der Waals surface area contributed by atoms with Gasteiger partial charge in [0.25, 0.3) is 0 Å². The lowest BCUT2D eigenvalue weighted by molar-refractivity contribution is 0.0671. The van der Waals surface area contributed by atoms with Crippen molar-refractivity contribution >= 4 is 22.6 Å². The molecule has 2 heteroatoms. The van der Waals surface area contributed by atoms with Crippen molar-refractivity contribution < 1.29 is 4.74 Å². The van der Waals surface area contributed by atoms with E-state index in [4.69, 9.17) is 4.74 Å². The number of ether oxygens (including phenoxy) is 1. The summed E-state index contributed by atoms with van der Waals surface area (Å²) in [7, 11) is 0. The minimum absolute atomic E-state index is 0.323. The zero-order valence-corrected chi connectivity index (χ0v) is 15.3. The largest absolute Gasteiger partial charge is 0.371 e. The molecule has 0 aromatic heterocycles. The molecular weight excluding hydrogens is 330 g/mol. The number of fused-ring (bicyclic) bond motifs is 2. The van der Waals surface area contributed by atoms with Gasteiger partial charge in [-0.25, -0.2) is 0 Å². The van der Waals surface area contributed by atoms with E-state index in [1.165, 1.54) is 41.0 Å². The molecule has 2 nitrogen and oxygen atoms in total. The summed E-state index contributed by atoms with van der Waals surface area (Å²) in [5.41, 5.74) is 6.26. The summed E-state index contributed by atoms with van der Waals surface area (Å²) < 4.78 is 5.94. The molecule has 2 heterocycles. The van der Waals surface area contributed by atoms with E-state index in [0.29, 0.717) is 12.2 Å². The summed E-state index contributed by atoms with van der Waals surface area (Å²) >= 11 is 0. The highest BCUT2D eigenvalue weighted by Gasteiger charge is 2.29. The van der Waals surface area contributed by atoms with Crippen LogP contribution in [0.5, 0.6) is 0 Å². The van der Waals surface area contributed by atoms with E-state index in [-0.39, 0.29) is 0 Å². The van der Waals surface area contributed by atoms with E-state index in [0.717, 1.165) is 6.42 Å². The van der Waals surface area contributed by atoms with E-state index in [2.05, 4.69) is 95.9 Å². The van der Waals surface area contributed by atoms with Crippen molar-refractivity contribution in [3.63, 3.8) is 0 Å². The predicted molar refractivity (Wildman–Crippen MR) is 112 cm³/mol. The lowest BCUT2D eigenvalue weighted by Crippen LogP contribution is -2.15. The molecule has 2 bridgehead atoms. The second-order valence-electron chi connectivity index (χ2n) is 7.32. The molecule has 2 aliphatic heterocycles. The maximum Gasteiger partial charge on any atom is 0.0766 e. The van der Waals surface area contributed by atoms with Gasteiger partial charge in [-0.3, -0.25) is 0 Å². The van der Waals surface area contributed by atoms with E-state index in [1.54, 1.807) is 0 Å². The molecule has 2 atom stereocenters. The summed E-state index contributed by atoms with van der Waals surface area (Å²) in [4.78, 5) is 2.30. The molecule has 5 rings (SSSR count). The number of nitrogens with zero attached hydrogens (tertiary/aromatic N) is 1. The van der Waals surface area contributed by atoms with E-state index in [9.17, 15) is 0 Å². The van der Waals surface area contributed by atoms with Crippen LogP contribution < -0.4 is 4.90 Å². The van der Waals surface area contributed by atoms with Crippen LogP contribution in [0, 0.1) is 0 Å². The molecule has 0 aliphatic carbocycles. The van der Waals surface area contributed by atoms with E-state index >= 15 is 0 Å². The van der Waals surface area contributed by atoms with Crippen LogP contribution in [0.25, 0.3) is 5.57 Å². The molecule has 1 fully saturated rings. The Labute approximate surface area is 160 Å². The Bertz CT molecular complexity index is 892. The summed E-state index contributed by atoms with van der Waals surface area (Å²) in [5.74, 6) is 0. The molecular formula is C25H23NO. The van der Waals surface area contributed by atoms with Gasteiger partial charge in [0, 0.05) is 17.1 Å². The summed E-state index contributed by atoms with van der Waals surface area (Å²) in [6.45, 7) is 0. The fourth-order valence-corrected chi connectivity index (χ4v) is 4.18. The van der Waals surface area contributed by atoms with Crippen LogP contribution in [0.2, 0.25) is 0 Å². The van der Waals surface area contributed by atoms with Crippen molar-refractivity contribution in [2.45, 2.75) is 31.5 Å². The quantitative estimate of drug-likeness (QED) is 0.531. The number of para-hydroxylation sites is 2. The summed E-state index contributed by atoms with van der Waals surface area (Å²) in [5, 5.41) is 0. The van der Waals surface area contributed by atoms with Crippen LogP contribution >= 0.6 is 0 Å². The Morgan fingerprint density at radius 1 is 0.667 bits per heavy atom. The fourth-order valence-electron chi connectivity index (χ4n) is 4.18. The molecule has 1 saturated heterocycles. The molecule has 3 aromatic carbocycles. The van der Waals surface area contributed by atoms with Gasteiger partial charge in [-0.05, 0) is 66.8 Å². The Balaban J connectivity index is 1.50. The van der Waals surface area contributed by atoms with Gasteiger partial charge in [0.05, 0.1) is 12.2 Å². The van der Waals surface area contributed by atoms with Gasteiger partial charge < -0.3 is 9.64 Å². The molecule has 0 saturated carbocycles. The Morgan fingerprint density at radius 3 is 1.85 bits per heavy atom. The van der Waals surface area contributed by atoms with E-state index < -0.39 is 0 Å². The standard InChI is InChI=1S/C25H23NO/c1-3-7-21(8-4-1)26(22-9-5-2-6-10-22)23-13-11-19(12-14-23)20-17-24-15-16-25(18-20)27-24/h1-14,17,24-25H,15-16,18H2. The molecule has 134 valence electrons. The zero-order chi connectivity index (χ0) is 18.1. The first kappa shape index (κ1) is 16.3. The summed E-state index contributed by atoms with van der Waals surface area (Å²) in [6, 6.07) is 30.0. The molecule has 3 aromatic rings. The molecule has 27 heavy (non-hydrogen) atoms. The number of hydrogen-bond donors (Lipinski definition) is 0. The van der Waals surface area contributed by atoms with Crippen LogP contribution in [0.4, 0.5) is 17.1 Å². The lowest BCUT2D eigenvalue weighted by atomic mass is 9.98. The highest BCUT2D eigenvalue weighted by Crippen LogP contribution is 2.38. The smallest absolute Gasteiger partial charge is 0.0766 e. The van der Waals surface area contributed by atoms with Crippen LogP contribution in [0.3, 0.4) is 0 Å². The van der Waals surface area contributed by atoms with Crippen LogP contribution in [0.1, 0.15) is 24.8 Å². The van der Waals surface area contributed by atoms with Crippen molar-refractivity contribution in [2.75, 3.05) is 4.90 Å². The van der Waals surface area contributed by atoms with Crippen molar-refractivity contribution in [2.24, 2.45) is 0 Å². The first-order valence-corrected chi connectivity index (χ1v) is 9.74. The minimum atomic E-state index is 0.323. The zero-order valence-electron chi connectivity index (χ0n) is 15.3. The molecule has 2 unspecified atom stereocenters. The molecule has 0 spiro atoms. The number of benzene rings is 3. The van der Waals surface area contributed by atoms with Crippen molar-refractivity contribution in [3.05, 3.63) is 96.6 Å². The second-order valence-corrected chi connectivity index (χ2v) is 7.32. The Kier molecular flexibility index (Phi) is 4.27. The fraction of sp³-hybridized carbons (Fsp3) is 0.200. The average molecular weight is 353 g/mol. The van der Waals surface area contributed by atoms with E-state index in [1.807, 2.05) is 0 Å². The number of anilines is 3. The third kappa shape index (κ3) is 3.29. The molecule has 0 radical (unpaired) electrons. The van der Waals surface area contributed by atoms with Gasteiger partial charge in [0.1, 0.15) is 0 Å². The predicted octanol–water partition coefficient (Wildman–Crippen LogP) is 6.49. The van der Waals surface area contributed by atoms with Gasteiger partial charge in [0.15, 0.2) is 0 Å². The van der Waals surface area contributed by atoms with Crippen LogP contribution in [0.15, 0.2) is 91.0 Å². The van der Waals surface area contributed by atoms with Crippen molar-refractivity contribution in [1.82, 2.24) is 0 Å². The normalized spacial score (nSPS) is 21.0. The molecule has 2 aliphatic rings. The molecule has 0 amide bonds. The number of hydrogen-bond acceptors (Lipinski definition) is 2. The van der Waals surface area contributed by atoms with Crippen molar-refractivity contribution in [1.29, 1.82) is 0 Å². The first-order valence-electron chi connectivity index (χ1n) is 9.74. The Morgan fingerprint density at radius 2 is 1.26 bits per heavy atom.